The molecule has 3 rings (SSSR count). The van der Waals surface area contributed by atoms with Crippen LogP contribution in [0.2, 0.25) is 10.0 Å². The fourth-order valence-corrected chi connectivity index (χ4v) is 3.63. The van der Waals surface area contributed by atoms with Gasteiger partial charge in [-0.25, -0.2) is 4.79 Å². The summed E-state index contributed by atoms with van der Waals surface area (Å²) in [6.07, 6.45) is 0.0490. The molecule has 29 heavy (non-hydrogen) atoms. The number of carboxylic acids is 1. The van der Waals surface area contributed by atoms with Gasteiger partial charge >= 0.3 is 5.97 Å². The largest absolute Gasteiger partial charge is 0.480 e. The van der Waals surface area contributed by atoms with Crippen LogP contribution in [0.4, 0.5) is 0 Å². The molecule has 0 heterocycles. The number of hydrogen-bond donors (Lipinski definition) is 2. The molecule has 4 nitrogen and oxygen atoms in total. The van der Waals surface area contributed by atoms with Crippen molar-refractivity contribution in [3.8, 4) is 0 Å². The third-order valence-corrected chi connectivity index (χ3v) is 5.17. The van der Waals surface area contributed by atoms with Crippen LogP contribution in [0.5, 0.6) is 0 Å². The van der Waals surface area contributed by atoms with Gasteiger partial charge in [0.25, 0.3) is 0 Å². The van der Waals surface area contributed by atoms with Crippen LogP contribution >= 0.6 is 23.2 Å². The Morgan fingerprint density at radius 1 is 0.862 bits per heavy atom. The minimum atomic E-state index is -1.13. The topological polar surface area (TPSA) is 66.4 Å². The molecule has 0 aliphatic carbocycles. The van der Waals surface area contributed by atoms with Crippen LogP contribution in [0.3, 0.4) is 0 Å². The lowest BCUT2D eigenvalue weighted by Gasteiger charge is -2.21. The van der Waals surface area contributed by atoms with Gasteiger partial charge in [0.2, 0.25) is 5.91 Å². The monoisotopic (exact) mass is 427 g/mol. The highest BCUT2D eigenvalue weighted by Gasteiger charge is 2.28. The van der Waals surface area contributed by atoms with Crippen molar-refractivity contribution < 1.29 is 14.7 Å². The summed E-state index contributed by atoms with van der Waals surface area (Å²) in [6, 6.07) is 22.3. The molecule has 0 aliphatic heterocycles. The van der Waals surface area contributed by atoms with E-state index in [0.717, 1.165) is 11.1 Å². The third-order valence-electron chi connectivity index (χ3n) is 4.58. The predicted molar refractivity (Wildman–Crippen MR) is 114 cm³/mol. The molecule has 6 heteroatoms. The zero-order chi connectivity index (χ0) is 20.8. The van der Waals surface area contributed by atoms with E-state index in [0.29, 0.717) is 15.6 Å². The van der Waals surface area contributed by atoms with E-state index in [-0.39, 0.29) is 12.3 Å². The maximum Gasteiger partial charge on any atom is 0.326 e. The number of carbonyl (C=O) groups is 2. The van der Waals surface area contributed by atoms with E-state index in [9.17, 15) is 14.7 Å². The van der Waals surface area contributed by atoms with Gasteiger partial charge in [0.15, 0.2) is 0 Å². The average molecular weight is 428 g/mol. The molecule has 0 bridgehead atoms. The van der Waals surface area contributed by atoms with E-state index in [2.05, 4.69) is 5.32 Å². The summed E-state index contributed by atoms with van der Waals surface area (Å²) < 4.78 is 0. The summed E-state index contributed by atoms with van der Waals surface area (Å²) in [5.41, 5.74) is 2.16. The number of rotatable bonds is 7. The molecule has 3 aromatic rings. The van der Waals surface area contributed by atoms with Gasteiger partial charge in [-0.2, -0.15) is 0 Å². The number of hydrogen-bond acceptors (Lipinski definition) is 2. The average Bonchev–Trinajstić information content (AvgIpc) is 2.71. The van der Waals surface area contributed by atoms with Crippen molar-refractivity contribution in [1.82, 2.24) is 5.32 Å². The minimum absolute atomic E-state index is 0.0490. The highest BCUT2D eigenvalue weighted by Crippen LogP contribution is 2.26. The maximum absolute atomic E-state index is 13.2. The van der Waals surface area contributed by atoms with Crippen LogP contribution < -0.4 is 5.32 Å². The van der Waals surface area contributed by atoms with Crippen molar-refractivity contribution in [2.45, 2.75) is 18.4 Å². The van der Waals surface area contributed by atoms with Crippen molar-refractivity contribution in [2.24, 2.45) is 0 Å². The van der Waals surface area contributed by atoms with Crippen molar-refractivity contribution in [3.63, 3.8) is 0 Å². The molecule has 0 fully saturated rings. The second-order valence-electron chi connectivity index (χ2n) is 6.59. The first-order valence-electron chi connectivity index (χ1n) is 9.02. The molecule has 0 spiro atoms. The predicted octanol–water partition coefficient (Wildman–Crippen LogP) is 4.94. The van der Waals surface area contributed by atoms with Gasteiger partial charge in [-0.3, -0.25) is 4.79 Å². The number of nitrogens with one attached hydrogen (secondary N) is 1. The molecule has 1 amide bonds. The van der Waals surface area contributed by atoms with Gasteiger partial charge in [0.1, 0.15) is 6.04 Å². The van der Waals surface area contributed by atoms with Gasteiger partial charge in [-0.1, -0.05) is 89.9 Å². The molecule has 1 atom stereocenters. The molecule has 0 radical (unpaired) electrons. The van der Waals surface area contributed by atoms with Crippen LogP contribution in [0.1, 0.15) is 22.6 Å². The summed E-state index contributed by atoms with van der Waals surface area (Å²) >= 11 is 12.1. The van der Waals surface area contributed by atoms with Gasteiger partial charge in [-0.05, 0) is 28.8 Å². The Hall–Kier alpha value is -2.82. The molecule has 148 valence electrons. The lowest BCUT2D eigenvalue weighted by molar-refractivity contribution is -0.141. The van der Waals surface area contributed by atoms with Gasteiger partial charge < -0.3 is 10.4 Å². The Labute approximate surface area is 179 Å². The SMILES string of the molecule is O=C(N[C@@H](Cc1ccc(Cl)cc1Cl)C(=O)O)C(c1ccccc1)c1ccccc1. The Kier molecular flexibility index (Phi) is 6.91. The zero-order valence-electron chi connectivity index (χ0n) is 15.4. The van der Waals surface area contributed by atoms with Crippen molar-refractivity contribution >= 4 is 35.1 Å². The van der Waals surface area contributed by atoms with Gasteiger partial charge in [0, 0.05) is 16.5 Å². The molecule has 0 unspecified atom stereocenters. The molecule has 0 saturated heterocycles. The molecule has 3 aromatic carbocycles. The number of benzene rings is 3. The molecule has 2 N–H and O–H groups in total. The number of amides is 1. The van der Waals surface area contributed by atoms with E-state index in [1.807, 2.05) is 60.7 Å². The number of aliphatic carboxylic acids is 1. The quantitative estimate of drug-likeness (QED) is 0.561. The maximum atomic E-state index is 13.2. The Morgan fingerprint density at radius 3 is 1.90 bits per heavy atom. The molecular formula is C23H19Cl2NO3. The first-order valence-corrected chi connectivity index (χ1v) is 9.78. The first kappa shape index (κ1) is 20.9. The van der Waals surface area contributed by atoms with E-state index in [1.165, 1.54) is 0 Å². The standard InChI is InChI=1S/C23H19Cl2NO3/c24-18-12-11-17(19(25)14-18)13-20(23(28)29)26-22(27)21(15-7-3-1-4-8-15)16-9-5-2-6-10-16/h1-12,14,20-21H,13H2,(H,26,27)(H,28,29)/t20-/m0/s1. The van der Waals surface area contributed by atoms with E-state index < -0.39 is 17.9 Å². The lowest BCUT2D eigenvalue weighted by atomic mass is 9.90. The summed E-state index contributed by atoms with van der Waals surface area (Å²) in [4.78, 5) is 25.0. The van der Waals surface area contributed by atoms with Crippen molar-refractivity contribution in [1.29, 1.82) is 0 Å². The lowest BCUT2D eigenvalue weighted by Crippen LogP contribution is -2.44. The Balaban J connectivity index is 1.87. The second-order valence-corrected chi connectivity index (χ2v) is 7.44. The number of carboxylic acid groups (broad SMARTS) is 1. The fourth-order valence-electron chi connectivity index (χ4n) is 3.15. The van der Waals surface area contributed by atoms with Crippen LogP contribution in [0.15, 0.2) is 78.9 Å². The number of halogens is 2. The summed E-state index contributed by atoms with van der Waals surface area (Å²) in [7, 11) is 0. The van der Waals surface area contributed by atoms with Gasteiger partial charge in [-0.15, -0.1) is 0 Å². The van der Waals surface area contributed by atoms with Gasteiger partial charge in [0.05, 0.1) is 5.92 Å². The van der Waals surface area contributed by atoms with E-state index in [1.54, 1.807) is 18.2 Å². The molecular weight excluding hydrogens is 409 g/mol. The van der Waals surface area contributed by atoms with E-state index >= 15 is 0 Å². The van der Waals surface area contributed by atoms with Crippen LogP contribution in [-0.2, 0) is 16.0 Å². The van der Waals surface area contributed by atoms with Crippen molar-refractivity contribution in [2.75, 3.05) is 0 Å². The first-order chi connectivity index (χ1) is 14.0. The van der Waals surface area contributed by atoms with Crippen molar-refractivity contribution in [3.05, 3.63) is 106 Å². The number of carbonyl (C=O) groups excluding carboxylic acids is 1. The Bertz CT molecular complexity index is 954. The zero-order valence-corrected chi connectivity index (χ0v) is 16.9. The molecule has 0 aromatic heterocycles. The minimum Gasteiger partial charge on any atom is -0.480 e. The Morgan fingerprint density at radius 2 is 1.41 bits per heavy atom. The fraction of sp³-hybridized carbons (Fsp3) is 0.130. The molecule has 0 saturated carbocycles. The van der Waals surface area contributed by atoms with Crippen LogP contribution in [-0.4, -0.2) is 23.0 Å². The summed E-state index contributed by atoms with van der Waals surface area (Å²) in [5.74, 6) is -2.15. The van der Waals surface area contributed by atoms with Crippen LogP contribution in [0.25, 0.3) is 0 Å². The molecule has 0 aliphatic rings. The second kappa shape index (κ2) is 9.59. The van der Waals surface area contributed by atoms with E-state index in [4.69, 9.17) is 23.2 Å². The van der Waals surface area contributed by atoms with Crippen LogP contribution in [0, 0.1) is 0 Å². The highest BCUT2D eigenvalue weighted by molar-refractivity contribution is 6.35. The third kappa shape index (κ3) is 5.37. The summed E-state index contributed by atoms with van der Waals surface area (Å²) in [6.45, 7) is 0. The summed E-state index contributed by atoms with van der Waals surface area (Å²) in [5, 5.41) is 13.2. The smallest absolute Gasteiger partial charge is 0.326 e. The normalized spacial score (nSPS) is 11.8. The highest BCUT2D eigenvalue weighted by atomic mass is 35.5.